The van der Waals surface area contributed by atoms with Crippen molar-refractivity contribution in [2.75, 3.05) is 6.54 Å². The van der Waals surface area contributed by atoms with Crippen LogP contribution >= 0.6 is 0 Å². The van der Waals surface area contributed by atoms with Gasteiger partial charge in [-0.2, -0.15) is 0 Å². The van der Waals surface area contributed by atoms with Crippen LogP contribution < -0.4 is 5.73 Å². The predicted octanol–water partition coefficient (Wildman–Crippen LogP) is 2.84. The standard InChI is InChI=1S/C12H19N/c1-3-4-12(9-13)11-7-5-10(2)6-8-11/h5-8,12H,3-4,9,13H2,1-2H3. The van der Waals surface area contributed by atoms with Crippen LogP contribution in [-0.2, 0) is 0 Å². The number of hydrogen-bond donors (Lipinski definition) is 1. The molecular weight excluding hydrogens is 158 g/mol. The van der Waals surface area contributed by atoms with E-state index in [0.29, 0.717) is 5.92 Å². The molecule has 0 fully saturated rings. The van der Waals surface area contributed by atoms with Crippen LogP contribution in [0.4, 0.5) is 0 Å². The van der Waals surface area contributed by atoms with Gasteiger partial charge >= 0.3 is 0 Å². The van der Waals surface area contributed by atoms with Crippen molar-refractivity contribution in [1.29, 1.82) is 0 Å². The lowest BCUT2D eigenvalue weighted by molar-refractivity contribution is 0.622. The molecular formula is C12H19N. The molecule has 1 unspecified atom stereocenters. The molecule has 0 heterocycles. The number of aryl methyl sites for hydroxylation is 1. The van der Waals surface area contributed by atoms with Crippen LogP contribution in [0.15, 0.2) is 24.3 Å². The second kappa shape index (κ2) is 5.03. The first-order chi connectivity index (χ1) is 6.27. The summed E-state index contributed by atoms with van der Waals surface area (Å²) in [5.74, 6) is 0.547. The Morgan fingerprint density at radius 1 is 1.23 bits per heavy atom. The summed E-state index contributed by atoms with van der Waals surface area (Å²) >= 11 is 0. The third-order valence-corrected chi connectivity index (χ3v) is 2.47. The molecule has 0 aliphatic rings. The van der Waals surface area contributed by atoms with Gasteiger partial charge in [-0.3, -0.25) is 0 Å². The lowest BCUT2D eigenvalue weighted by atomic mass is 9.94. The first-order valence-electron chi connectivity index (χ1n) is 5.04. The van der Waals surface area contributed by atoms with Crippen LogP contribution in [0.2, 0.25) is 0 Å². The fraction of sp³-hybridized carbons (Fsp3) is 0.500. The Kier molecular flexibility index (Phi) is 3.97. The summed E-state index contributed by atoms with van der Waals surface area (Å²) in [7, 11) is 0. The van der Waals surface area contributed by atoms with Gasteiger partial charge in [0.25, 0.3) is 0 Å². The van der Waals surface area contributed by atoms with Crippen molar-refractivity contribution in [3.8, 4) is 0 Å². The van der Waals surface area contributed by atoms with E-state index in [-0.39, 0.29) is 0 Å². The molecule has 1 nitrogen and oxygen atoms in total. The van der Waals surface area contributed by atoms with Crippen LogP contribution in [0, 0.1) is 6.92 Å². The van der Waals surface area contributed by atoms with Crippen molar-refractivity contribution in [2.24, 2.45) is 5.73 Å². The predicted molar refractivity (Wildman–Crippen MR) is 57.9 cm³/mol. The van der Waals surface area contributed by atoms with E-state index in [9.17, 15) is 0 Å². The Morgan fingerprint density at radius 2 is 1.85 bits per heavy atom. The van der Waals surface area contributed by atoms with E-state index >= 15 is 0 Å². The Morgan fingerprint density at radius 3 is 2.31 bits per heavy atom. The summed E-state index contributed by atoms with van der Waals surface area (Å²) < 4.78 is 0. The Labute approximate surface area is 81.0 Å². The topological polar surface area (TPSA) is 26.0 Å². The molecule has 1 rings (SSSR count). The smallest absolute Gasteiger partial charge is 0.000824 e. The third kappa shape index (κ3) is 2.85. The van der Waals surface area contributed by atoms with Gasteiger partial charge in [0.15, 0.2) is 0 Å². The average molecular weight is 177 g/mol. The zero-order valence-electron chi connectivity index (χ0n) is 8.59. The van der Waals surface area contributed by atoms with Crippen LogP contribution in [0.3, 0.4) is 0 Å². The summed E-state index contributed by atoms with van der Waals surface area (Å²) in [5.41, 5.74) is 8.43. The summed E-state index contributed by atoms with van der Waals surface area (Å²) in [6, 6.07) is 8.71. The van der Waals surface area contributed by atoms with Crippen LogP contribution in [0.5, 0.6) is 0 Å². The van der Waals surface area contributed by atoms with Gasteiger partial charge in [0.1, 0.15) is 0 Å². The zero-order chi connectivity index (χ0) is 9.68. The first kappa shape index (κ1) is 10.3. The van der Waals surface area contributed by atoms with Gasteiger partial charge in [-0.25, -0.2) is 0 Å². The van der Waals surface area contributed by atoms with Crippen molar-refractivity contribution >= 4 is 0 Å². The maximum atomic E-state index is 5.73. The SMILES string of the molecule is CCCC(CN)c1ccc(C)cc1. The summed E-state index contributed by atoms with van der Waals surface area (Å²) in [6.07, 6.45) is 2.40. The molecule has 0 saturated heterocycles. The third-order valence-electron chi connectivity index (χ3n) is 2.47. The lowest BCUT2D eigenvalue weighted by Crippen LogP contribution is -2.12. The minimum Gasteiger partial charge on any atom is -0.330 e. The molecule has 1 aromatic carbocycles. The molecule has 1 aromatic rings. The number of rotatable bonds is 4. The van der Waals surface area contributed by atoms with Gasteiger partial charge in [-0.05, 0) is 31.4 Å². The normalized spacial score (nSPS) is 12.8. The highest BCUT2D eigenvalue weighted by Crippen LogP contribution is 2.20. The van der Waals surface area contributed by atoms with E-state index in [0.717, 1.165) is 6.54 Å². The Balaban J connectivity index is 2.73. The van der Waals surface area contributed by atoms with E-state index in [1.165, 1.54) is 24.0 Å². The summed E-state index contributed by atoms with van der Waals surface area (Å²) in [5, 5.41) is 0. The van der Waals surface area contributed by atoms with E-state index in [1.54, 1.807) is 0 Å². The number of hydrogen-bond acceptors (Lipinski definition) is 1. The average Bonchev–Trinajstić information content (AvgIpc) is 2.16. The fourth-order valence-electron chi connectivity index (χ4n) is 1.61. The van der Waals surface area contributed by atoms with E-state index in [2.05, 4.69) is 38.1 Å². The van der Waals surface area contributed by atoms with Gasteiger partial charge in [0.2, 0.25) is 0 Å². The Hall–Kier alpha value is -0.820. The molecule has 2 N–H and O–H groups in total. The monoisotopic (exact) mass is 177 g/mol. The highest BCUT2D eigenvalue weighted by molar-refractivity contribution is 5.24. The van der Waals surface area contributed by atoms with Crippen molar-refractivity contribution in [3.63, 3.8) is 0 Å². The lowest BCUT2D eigenvalue weighted by Gasteiger charge is -2.13. The number of nitrogens with two attached hydrogens (primary N) is 1. The maximum Gasteiger partial charge on any atom is -0.000824 e. The van der Waals surface area contributed by atoms with Gasteiger partial charge in [-0.15, -0.1) is 0 Å². The van der Waals surface area contributed by atoms with Crippen molar-refractivity contribution in [3.05, 3.63) is 35.4 Å². The van der Waals surface area contributed by atoms with Crippen molar-refractivity contribution in [2.45, 2.75) is 32.6 Å². The largest absolute Gasteiger partial charge is 0.330 e. The summed E-state index contributed by atoms with van der Waals surface area (Å²) in [4.78, 5) is 0. The number of benzene rings is 1. The molecule has 1 atom stereocenters. The molecule has 0 saturated carbocycles. The molecule has 13 heavy (non-hydrogen) atoms. The molecule has 0 spiro atoms. The molecule has 0 aliphatic heterocycles. The van der Waals surface area contributed by atoms with Crippen LogP contribution in [0.1, 0.15) is 36.8 Å². The second-order valence-electron chi connectivity index (χ2n) is 3.63. The molecule has 72 valence electrons. The van der Waals surface area contributed by atoms with Crippen molar-refractivity contribution < 1.29 is 0 Å². The van der Waals surface area contributed by atoms with Gasteiger partial charge in [-0.1, -0.05) is 43.2 Å². The van der Waals surface area contributed by atoms with Gasteiger partial charge in [0.05, 0.1) is 0 Å². The van der Waals surface area contributed by atoms with E-state index in [4.69, 9.17) is 5.73 Å². The van der Waals surface area contributed by atoms with Crippen LogP contribution in [-0.4, -0.2) is 6.54 Å². The first-order valence-corrected chi connectivity index (χ1v) is 5.04. The van der Waals surface area contributed by atoms with Gasteiger partial charge in [0, 0.05) is 0 Å². The zero-order valence-corrected chi connectivity index (χ0v) is 8.59. The highest BCUT2D eigenvalue weighted by atomic mass is 14.5. The van der Waals surface area contributed by atoms with E-state index in [1.807, 2.05) is 0 Å². The van der Waals surface area contributed by atoms with E-state index < -0.39 is 0 Å². The molecule has 0 amide bonds. The molecule has 0 aromatic heterocycles. The highest BCUT2D eigenvalue weighted by Gasteiger charge is 2.07. The second-order valence-corrected chi connectivity index (χ2v) is 3.63. The minimum absolute atomic E-state index is 0.547. The van der Waals surface area contributed by atoms with Crippen molar-refractivity contribution in [1.82, 2.24) is 0 Å². The minimum atomic E-state index is 0.547. The quantitative estimate of drug-likeness (QED) is 0.752. The maximum absolute atomic E-state index is 5.73. The molecule has 0 bridgehead atoms. The molecule has 1 heteroatoms. The summed E-state index contributed by atoms with van der Waals surface area (Å²) in [6.45, 7) is 5.08. The molecule has 0 aliphatic carbocycles. The van der Waals surface area contributed by atoms with Gasteiger partial charge < -0.3 is 5.73 Å². The van der Waals surface area contributed by atoms with Crippen LogP contribution in [0.25, 0.3) is 0 Å². The molecule has 0 radical (unpaired) electrons. The fourth-order valence-corrected chi connectivity index (χ4v) is 1.61. The Bertz CT molecular complexity index is 238.